The van der Waals surface area contributed by atoms with Crippen LogP contribution in [0.5, 0.6) is 5.75 Å². The lowest BCUT2D eigenvalue weighted by Gasteiger charge is -2.48. The third-order valence-electron chi connectivity index (χ3n) is 6.21. The van der Waals surface area contributed by atoms with Crippen molar-refractivity contribution in [3.8, 4) is 5.75 Å². The minimum Gasteiger partial charge on any atom is -0.508 e. The topological polar surface area (TPSA) is 26.7 Å². The highest BCUT2D eigenvalue weighted by Gasteiger charge is 2.35. The molecule has 0 spiro atoms. The van der Waals surface area contributed by atoms with E-state index >= 15 is 0 Å². The first-order valence-electron chi connectivity index (χ1n) is 10.9. The van der Waals surface area contributed by atoms with Gasteiger partial charge in [-0.3, -0.25) is 9.80 Å². The summed E-state index contributed by atoms with van der Waals surface area (Å²) in [6.07, 6.45) is 3.88. The number of phenolic OH excluding ortho intramolecular Hbond substituents is 1. The fourth-order valence-electron chi connectivity index (χ4n) is 4.60. The molecule has 0 bridgehead atoms. The predicted molar refractivity (Wildman–Crippen MR) is 118 cm³/mol. The molecule has 0 amide bonds. The summed E-state index contributed by atoms with van der Waals surface area (Å²) in [5.41, 5.74) is 3.82. The van der Waals surface area contributed by atoms with Crippen LogP contribution in [0.3, 0.4) is 0 Å². The lowest BCUT2D eigenvalue weighted by atomic mass is 9.91. The monoisotopic (exact) mass is 380 g/mol. The van der Waals surface area contributed by atoms with Crippen molar-refractivity contribution >= 4 is 0 Å². The van der Waals surface area contributed by atoms with Gasteiger partial charge < -0.3 is 5.11 Å². The highest BCUT2D eigenvalue weighted by Crippen LogP contribution is 2.35. The van der Waals surface area contributed by atoms with E-state index < -0.39 is 0 Å². The summed E-state index contributed by atoms with van der Waals surface area (Å²) in [5, 5.41) is 10.1. The molecule has 2 aromatic carbocycles. The Bertz CT molecular complexity index is 760. The number of rotatable bonds is 7. The average Bonchev–Trinajstić information content (AvgIpc) is 2.67. The molecule has 3 atom stereocenters. The molecule has 1 heterocycles. The van der Waals surface area contributed by atoms with Crippen molar-refractivity contribution in [2.24, 2.45) is 0 Å². The smallest absolute Gasteiger partial charge is 0.115 e. The van der Waals surface area contributed by atoms with Gasteiger partial charge in [0.2, 0.25) is 0 Å². The summed E-state index contributed by atoms with van der Waals surface area (Å²) < 4.78 is 0. The molecule has 1 aliphatic heterocycles. The third kappa shape index (κ3) is 4.76. The number of phenols is 1. The summed E-state index contributed by atoms with van der Waals surface area (Å²) in [6, 6.07) is 17.7. The van der Waals surface area contributed by atoms with E-state index in [1.165, 1.54) is 42.5 Å². The minimum absolute atomic E-state index is 0.170. The first-order valence-corrected chi connectivity index (χ1v) is 10.9. The summed E-state index contributed by atoms with van der Waals surface area (Å²) in [6.45, 7) is 12.5. The van der Waals surface area contributed by atoms with Crippen LogP contribution in [0.15, 0.2) is 48.5 Å². The van der Waals surface area contributed by atoms with Gasteiger partial charge in [-0.1, -0.05) is 56.2 Å². The molecular formula is C25H36N2O. The van der Waals surface area contributed by atoms with E-state index in [-0.39, 0.29) is 6.04 Å². The van der Waals surface area contributed by atoms with Crippen LogP contribution in [0, 0.1) is 6.92 Å². The van der Waals surface area contributed by atoms with Crippen molar-refractivity contribution in [2.75, 3.05) is 19.6 Å². The molecule has 152 valence electrons. The third-order valence-corrected chi connectivity index (χ3v) is 6.21. The predicted octanol–water partition coefficient (Wildman–Crippen LogP) is 5.37. The number of hydrogen-bond donors (Lipinski definition) is 1. The maximum Gasteiger partial charge on any atom is 0.115 e. The molecule has 0 radical (unpaired) electrons. The molecule has 1 fully saturated rings. The Kier molecular flexibility index (Phi) is 7.14. The molecular weight excluding hydrogens is 344 g/mol. The zero-order chi connectivity index (χ0) is 20.1. The molecule has 1 N–H and O–H groups in total. The van der Waals surface area contributed by atoms with Crippen molar-refractivity contribution in [2.45, 2.75) is 65.1 Å². The van der Waals surface area contributed by atoms with Crippen LogP contribution in [0.2, 0.25) is 0 Å². The van der Waals surface area contributed by atoms with Gasteiger partial charge in [-0.15, -0.1) is 0 Å². The van der Waals surface area contributed by atoms with Crippen LogP contribution < -0.4 is 0 Å². The van der Waals surface area contributed by atoms with Crippen molar-refractivity contribution in [3.05, 3.63) is 65.2 Å². The van der Waals surface area contributed by atoms with Crippen LogP contribution in [0.4, 0.5) is 0 Å². The van der Waals surface area contributed by atoms with Gasteiger partial charge in [0.05, 0.1) is 6.04 Å². The normalized spacial score (nSPS) is 22.3. The van der Waals surface area contributed by atoms with Crippen LogP contribution in [0.1, 0.15) is 62.8 Å². The standard InChI is InChI=1S/C25H36N2O/c1-5-6-9-15-26-17-21(4)27(18-20(26)3)25(22-12-10-13-23(28)16-22)24-14-8-7-11-19(24)2/h7-8,10-14,16,20-21,25,28H,5-6,9,15,17-18H2,1-4H3/t20-,21-,25?/m0/s1. The van der Waals surface area contributed by atoms with Gasteiger partial charge in [-0.2, -0.15) is 0 Å². The Morgan fingerprint density at radius 1 is 1.00 bits per heavy atom. The number of benzene rings is 2. The highest BCUT2D eigenvalue weighted by atomic mass is 16.3. The summed E-state index contributed by atoms with van der Waals surface area (Å²) in [7, 11) is 0. The Hall–Kier alpha value is -1.84. The van der Waals surface area contributed by atoms with Gasteiger partial charge in [0, 0.05) is 25.2 Å². The molecule has 3 heteroatoms. The van der Waals surface area contributed by atoms with Crippen LogP contribution in [-0.4, -0.2) is 46.6 Å². The zero-order valence-electron chi connectivity index (χ0n) is 17.9. The molecule has 0 aliphatic carbocycles. The number of aryl methyl sites for hydroxylation is 1. The first-order chi connectivity index (χ1) is 13.5. The van der Waals surface area contributed by atoms with E-state index in [0.29, 0.717) is 17.8 Å². The minimum atomic E-state index is 0.170. The van der Waals surface area contributed by atoms with Crippen molar-refractivity contribution in [1.29, 1.82) is 0 Å². The second-order valence-electron chi connectivity index (χ2n) is 8.45. The molecule has 28 heavy (non-hydrogen) atoms. The first kappa shape index (κ1) is 20.9. The quantitative estimate of drug-likeness (QED) is 0.654. The Morgan fingerprint density at radius 3 is 2.50 bits per heavy atom. The maximum absolute atomic E-state index is 10.1. The zero-order valence-corrected chi connectivity index (χ0v) is 17.9. The fraction of sp³-hybridized carbons (Fsp3) is 0.520. The molecule has 2 aromatic rings. The molecule has 0 aromatic heterocycles. The Labute approximate surface area is 171 Å². The molecule has 1 aliphatic rings. The largest absolute Gasteiger partial charge is 0.508 e. The summed E-state index contributed by atoms with van der Waals surface area (Å²) in [4.78, 5) is 5.30. The van der Waals surface area contributed by atoms with E-state index in [1.54, 1.807) is 6.07 Å². The lowest BCUT2D eigenvalue weighted by Crippen LogP contribution is -2.57. The van der Waals surface area contributed by atoms with Gasteiger partial charge in [0.25, 0.3) is 0 Å². The number of nitrogens with zero attached hydrogens (tertiary/aromatic N) is 2. The number of unbranched alkanes of at least 4 members (excludes halogenated alkanes) is 2. The van der Waals surface area contributed by atoms with E-state index in [4.69, 9.17) is 0 Å². The van der Waals surface area contributed by atoms with E-state index in [1.807, 2.05) is 12.1 Å². The van der Waals surface area contributed by atoms with E-state index in [9.17, 15) is 5.11 Å². The SMILES string of the molecule is CCCCCN1C[C@H](C)N(C(c2cccc(O)c2)c2ccccc2C)C[C@@H]1C. The molecule has 3 nitrogen and oxygen atoms in total. The Morgan fingerprint density at radius 2 is 1.79 bits per heavy atom. The van der Waals surface area contributed by atoms with E-state index in [2.05, 4.69) is 67.8 Å². The van der Waals surface area contributed by atoms with Crippen molar-refractivity contribution in [1.82, 2.24) is 9.80 Å². The fourth-order valence-corrected chi connectivity index (χ4v) is 4.60. The average molecular weight is 381 g/mol. The second-order valence-corrected chi connectivity index (χ2v) is 8.45. The van der Waals surface area contributed by atoms with Gasteiger partial charge in [-0.25, -0.2) is 0 Å². The molecule has 0 saturated carbocycles. The maximum atomic E-state index is 10.1. The number of hydrogen-bond acceptors (Lipinski definition) is 3. The van der Waals surface area contributed by atoms with Crippen LogP contribution >= 0.6 is 0 Å². The highest BCUT2D eigenvalue weighted by molar-refractivity contribution is 5.40. The summed E-state index contributed by atoms with van der Waals surface area (Å²) >= 11 is 0. The van der Waals surface area contributed by atoms with Gasteiger partial charge >= 0.3 is 0 Å². The summed E-state index contributed by atoms with van der Waals surface area (Å²) in [5.74, 6) is 0.343. The lowest BCUT2D eigenvalue weighted by molar-refractivity contribution is 0.0231. The number of aromatic hydroxyl groups is 1. The van der Waals surface area contributed by atoms with Gasteiger partial charge in [-0.05, 0) is 62.6 Å². The Balaban J connectivity index is 1.90. The molecule has 1 saturated heterocycles. The molecule has 3 rings (SSSR count). The van der Waals surface area contributed by atoms with Crippen LogP contribution in [0.25, 0.3) is 0 Å². The molecule has 1 unspecified atom stereocenters. The van der Waals surface area contributed by atoms with Gasteiger partial charge in [0.15, 0.2) is 0 Å². The van der Waals surface area contributed by atoms with Crippen LogP contribution in [-0.2, 0) is 0 Å². The van der Waals surface area contributed by atoms with Crippen molar-refractivity contribution in [3.63, 3.8) is 0 Å². The van der Waals surface area contributed by atoms with Gasteiger partial charge in [0.1, 0.15) is 5.75 Å². The van der Waals surface area contributed by atoms with E-state index in [0.717, 1.165) is 13.1 Å². The van der Waals surface area contributed by atoms with Crippen molar-refractivity contribution < 1.29 is 5.11 Å². The number of piperazine rings is 1. The second kappa shape index (κ2) is 9.58.